The predicted octanol–water partition coefficient (Wildman–Crippen LogP) is 3.01. The number of rotatable bonds is 2. The first-order chi connectivity index (χ1) is 8.65. The van der Waals surface area contributed by atoms with Gasteiger partial charge in [-0.1, -0.05) is 0 Å². The van der Waals surface area contributed by atoms with E-state index in [1.165, 1.54) is 6.07 Å². The fourth-order valence-electron chi connectivity index (χ4n) is 1.83. The maximum atomic E-state index is 10.9. The SMILES string of the molecule is [O-]N(O)c1ccc2[nH]nc(-c3cc(Br)c[nH]3)c2c1. The Balaban J connectivity index is 2.20. The van der Waals surface area contributed by atoms with Gasteiger partial charge in [0.2, 0.25) is 0 Å². The van der Waals surface area contributed by atoms with Gasteiger partial charge in [0.15, 0.2) is 0 Å². The summed E-state index contributed by atoms with van der Waals surface area (Å²) in [5.41, 5.74) is 2.47. The molecule has 0 amide bonds. The first-order valence-corrected chi connectivity index (χ1v) is 5.93. The van der Waals surface area contributed by atoms with Crippen molar-refractivity contribution in [3.63, 3.8) is 0 Å². The van der Waals surface area contributed by atoms with Crippen LogP contribution in [0.2, 0.25) is 0 Å². The number of hydrogen-bond donors (Lipinski definition) is 3. The van der Waals surface area contributed by atoms with Crippen LogP contribution >= 0.6 is 15.9 Å². The van der Waals surface area contributed by atoms with Gasteiger partial charge in [-0.05, 0) is 40.2 Å². The van der Waals surface area contributed by atoms with Gasteiger partial charge in [-0.25, -0.2) is 0 Å². The van der Waals surface area contributed by atoms with Gasteiger partial charge < -0.3 is 15.4 Å². The summed E-state index contributed by atoms with van der Waals surface area (Å²) in [4.78, 5) is 3.07. The molecule has 6 nitrogen and oxygen atoms in total. The van der Waals surface area contributed by atoms with E-state index in [9.17, 15) is 5.21 Å². The molecule has 3 rings (SSSR count). The maximum Gasteiger partial charge on any atom is 0.116 e. The van der Waals surface area contributed by atoms with E-state index in [0.717, 1.165) is 21.1 Å². The smallest absolute Gasteiger partial charge is 0.116 e. The van der Waals surface area contributed by atoms with E-state index < -0.39 is 0 Å². The molecule has 0 radical (unpaired) electrons. The lowest BCUT2D eigenvalue weighted by Crippen LogP contribution is -2.06. The second kappa shape index (κ2) is 4.13. The average Bonchev–Trinajstić information content (AvgIpc) is 2.93. The Morgan fingerprint density at radius 2 is 2.17 bits per heavy atom. The highest BCUT2D eigenvalue weighted by Gasteiger charge is 2.10. The number of anilines is 1. The first-order valence-electron chi connectivity index (χ1n) is 5.14. The summed E-state index contributed by atoms with van der Waals surface area (Å²) in [5.74, 6) is 0. The normalized spacial score (nSPS) is 11.1. The molecular formula is C11H8BrN4O2-. The Labute approximate surface area is 110 Å². The number of hydrogen-bond acceptors (Lipinski definition) is 4. The number of aromatic nitrogens is 3. The van der Waals surface area contributed by atoms with Gasteiger partial charge in [-0.3, -0.25) is 10.3 Å². The van der Waals surface area contributed by atoms with Crippen molar-refractivity contribution < 1.29 is 5.21 Å². The second-order valence-corrected chi connectivity index (χ2v) is 4.72. The van der Waals surface area contributed by atoms with Crippen LogP contribution < -0.4 is 5.23 Å². The predicted molar refractivity (Wildman–Crippen MR) is 71.2 cm³/mol. The van der Waals surface area contributed by atoms with Crippen molar-refractivity contribution in [3.05, 3.63) is 40.1 Å². The molecule has 0 spiro atoms. The van der Waals surface area contributed by atoms with Crippen molar-refractivity contribution in [1.29, 1.82) is 0 Å². The lowest BCUT2D eigenvalue weighted by molar-refractivity contribution is 0.296. The van der Waals surface area contributed by atoms with Crippen molar-refractivity contribution in [3.8, 4) is 11.4 Å². The zero-order valence-electron chi connectivity index (χ0n) is 9.01. The molecule has 2 aromatic heterocycles. The van der Waals surface area contributed by atoms with E-state index >= 15 is 0 Å². The molecule has 0 aliphatic carbocycles. The molecule has 18 heavy (non-hydrogen) atoms. The Morgan fingerprint density at radius 3 is 2.83 bits per heavy atom. The molecule has 3 aromatic rings. The fourth-order valence-corrected chi connectivity index (χ4v) is 2.17. The van der Waals surface area contributed by atoms with Crippen LogP contribution in [0.25, 0.3) is 22.3 Å². The number of H-pyrrole nitrogens is 2. The van der Waals surface area contributed by atoms with Gasteiger partial charge in [-0.2, -0.15) is 5.10 Å². The van der Waals surface area contributed by atoms with Crippen molar-refractivity contribution >= 4 is 32.5 Å². The molecule has 92 valence electrons. The van der Waals surface area contributed by atoms with Gasteiger partial charge in [-0.15, -0.1) is 0 Å². The number of halogens is 1. The molecule has 0 saturated carbocycles. The molecule has 0 bridgehead atoms. The molecule has 0 atom stereocenters. The van der Waals surface area contributed by atoms with E-state index in [1.807, 2.05) is 6.07 Å². The maximum absolute atomic E-state index is 10.9. The van der Waals surface area contributed by atoms with Gasteiger partial charge in [0.1, 0.15) is 5.69 Å². The summed E-state index contributed by atoms with van der Waals surface area (Å²) in [5, 5.41) is 27.5. The van der Waals surface area contributed by atoms with Crippen LogP contribution in [0.5, 0.6) is 0 Å². The highest BCUT2D eigenvalue weighted by atomic mass is 79.9. The molecule has 1 aromatic carbocycles. The van der Waals surface area contributed by atoms with E-state index in [4.69, 9.17) is 5.21 Å². The summed E-state index contributed by atoms with van der Waals surface area (Å²) < 4.78 is 0.914. The zero-order chi connectivity index (χ0) is 12.7. The number of nitrogens with one attached hydrogen (secondary N) is 2. The third-order valence-electron chi connectivity index (χ3n) is 2.67. The highest BCUT2D eigenvalue weighted by Crippen LogP contribution is 2.29. The Morgan fingerprint density at radius 1 is 1.33 bits per heavy atom. The Bertz CT molecular complexity index is 704. The van der Waals surface area contributed by atoms with E-state index in [0.29, 0.717) is 5.69 Å². The zero-order valence-corrected chi connectivity index (χ0v) is 10.6. The number of benzene rings is 1. The minimum atomic E-state index is -0.166. The third kappa shape index (κ3) is 1.78. The lowest BCUT2D eigenvalue weighted by atomic mass is 10.1. The van der Waals surface area contributed by atoms with Crippen molar-refractivity contribution in [2.75, 3.05) is 5.23 Å². The number of nitrogens with zero attached hydrogens (tertiary/aromatic N) is 2. The quantitative estimate of drug-likeness (QED) is 0.635. The molecule has 0 aliphatic rings. The van der Waals surface area contributed by atoms with Crippen molar-refractivity contribution in [2.24, 2.45) is 0 Å². The van der Waals surface area contributed by atoms with Gasteiger partial charge >= 0.3 is 0 Å². The molecule has 0 fully saturated rings. The lowest BCUT2D eigenvalue weighted by Gasteiger charge is -2.21. The Hall–Kier alpha value is -1.83. The minimum Gasteiger partial charge on any atom is -0.733 e. The van der Waals surface area contributed by atoms with Gasteiger partial charge in [0, 0.05) is 16.1 Å². The summed E-state index contributed by atoms with van der Waals surface area (Å²) in [6.07, 6.45) is 1.80. The molecule has 0 aliphatic heterocycles. The van der Waals surface area contributed by atoms with Gasteiger partial charge in [0.25, 0.3) is 0 Å². The van der Waals surface area contributed by atoms with Crippen LogP contribution in [0, 0.1) is 5.21 Å². The number of aromatic amines is 2. The monoisotopic (exact) mass is 307 g/mol. The number of fused-ring (bicyclic) bond motifs is 1. The fraction of sp³-hybridized carbons (Fsp3) is 0. The van der Waals surface area contributed by atoms with Crippen LogP contribution in [0.15, 0.2) is 34.9 Å². The largest absolute Gasteiger partial charge is 0.733 e. The van der Waals surface area contributed by atoms with Crippen molar-refractivity contribution in [2.45, 2.75) is 0 Å². The van der Waals surface area contributed by atoms with Crippen molar-refractivity contribution in [1.82, 2.24) is 15.2 Å². The first kappa shape index (κ1) is 11.3. The van der Waals surface area contributed by atoms with Crippen LogP contribution in [-0.4, -0.2) is 20.4 Å². The van der Waals surface area contributed by atoms with E-state index in [2.05, 4.69) is 31.1 Å². The molecule has 2 heterocycles. The Kier molecular flexibility index (Phi) is 2.58. The van der Waals surface area contributed by atoms with Crippen LogP contribution in [0.4, 0.5) is 5.69 Å². The van der Waals surface area contributed by atoms with Crippen LogP contribution in [0.3, 0.4) is 0 Å². The molecule has 3 N–H and O–H groups in total. The minimum absolute atomic E-state index is 0.163. The van der Waals surface area contributed by atoms with Crippen LogP contribution in [0.1, 0.15) is 0 Å². The van der Waals surface area contributed by atoms with Crippen LogP contribution in [-0.2, 0) is 0 Å². The summed E-state index contributed by atoms with van der Waals surface area (Å²) in [6, 6.07) is 6.67. The highest BCUT2D eigenvalue weighted by molar-refractivity contribution is 9.10. The molecular weight excluding hydrogens is 300 g/mol. The molecule has 7 heteroatoms. The standard InChI is InChI=1S/C11H8BrN4O2/c12-6-3-10(13-5-6)11-8-4-7(16(17)18)1-2-9(8)14-15-11/h1-5,13,17H,(H,14,15)/q-1. The third-order valence-corrected chi connectivity index (χ3v) is 3.13. The van der Waals surface area contributed by atoms with E-state index in [1.54, 1.807) is 18.3 Å². The van der Waals surface area contributed by atoms with E-state index in [-0.39, 0.29) is 10.9 Å². The summed E-state index contributed by atoms with van der Waals surface area (Å²) in [6.45, 7) is 0. The average molecular weight is 308 g/mol. The van der Waals surface area contributed by atoms with Gasteiger partial charge in [0.05, 0.1) is 16.9 Å². The molecule has 0 unspecified atom stereocenters. The topological polar surface area (TPSA) is 91.0 Å². The summed E-state index contributed by atoms with van der Waals surface area (Å²) in [7, 11) is 0. The summed E-state index contributed by atoms with van der Waals surface area (Å²) >= 11 is 3.35. The molecule has 0 saturated heterocycles. The second-order valence-electron chi connectivity index (χ2n) is 3.81.